The lowest BCUT2D eigenvalue weighted by Crippen LogP contribution is -2.00. The minimum Gasteiger partial charge on any atom is -0.478 e. The van der Waals surface area contributed by atoms with Crippen molar-refractivity contribution in [3.63, 3.8) is 0 Å². The Morgan fingerprint density at radius 2 is 2.45 bits per heavy atom. The van der Waals surface area contributed by atoms with Crippen LogP contribution in [0.3, 0.4) is 0 Å². The molecule has 1 N–H and O–H groups in total. The van der Waals surface area contributed by atoms with Gasteiger partial charge < -0.3 is 5.11 Å². The van der Waals surface area contributed by atoms with E-state index in [4.69, 9.17) is 11.5 Å². The number of hydrogen-bond donors (Lipinski definition) is 1. The molecule has 0 aliphatic heterocycles. The Hall–Kier alpha value is -1.82. The molecule has 1 aromatic heterocycles. The fraction of sp³-hybridized carbons (Fsp3) is 0. The molecule has 0 radical (unpaired) electrons. The van der Waals surface area contributed by atoms with Crippen LogP contribution in [-0.2, 0) is 0 Å². The highest BCUT2D eigenvalue weighted by Crippen LogP contribution is 2.03. The van der Waals surface area contributed by atoms with E-state index in [1.54, 1.807) is 0 Å². The molecule has 0 bridgehead atoms. The highest BCUT2D eigenvalue weighted by Gasteiger charge is 2.06. The second kappa shape index (κ2) is 2.84. The number of aromatic carboxylic acids is 1. The molecule has 0 amide bonds. The third kappa shape index (κ3) is 1.36. The van der Waals surface area contributed by atoms with E-state index in [9.17, 15) is 4.79 Å². The SMILES string of the molecule is C#Cc1ccncc1C(=O)O. The van der Waals surface area contributed by atoms with Gasteiger partial charge in [0.1, 0.15) is 0 Å². The summed E-state index contributed by atoms with van der Waals surface area (Å²) in [4.78, 5) is 14.1. The van der Waals surface area contributed by atoms with Gasteiger partial charge in [0.2, 0.25) is 0 Å². The van der Waals surface area contributed by atoms with Gasteiger partial charge in [-0.1, -0.05) is 5.92 Å². The first-order chi connectivity index (χ1) is 5.25. The van der Waals surface area contributed by atoms with E-state index in [1.807, 2.05) is 0 Å². The predicted molar refractivity (Wildman–Crippen MR) is 39.1 cm³/mol. The van der Waals surface area contributed by atoms with Gasteiger partial charge in [0.15, 0.2) is 0 Å². The Balaban J connectivity index is 3.26. The summed E-state index contributed by atoms with van der Waals surface area (Å²) in [7, 11) is 0. The predicted octanol–water partition coefficient (Wildman–Crippen LogP) is 0.761. The first kappa shape index (κ1) is 7.29. The topological polar surface area (TPSA) is 50.2 Å². The molecule has 11 heavy (non-hydrogen) atoms. The first-order valence-corrected chi connectivity index (χ1v) is 2.89. The fourth-order valence-corrected chi connectivity index (χ4v) is 0.691. The van der Waals surface area contributed by atoms with E-state index in [2.05, 4.69) is 10.9 Å². The van der Waals surface area contributed by atoms with Gasteiger partial charge in [-0.25, -0.2) is 4.79 Å². The second-order valence-electron chi connectivity index (χ2n) is 1.87. The van der Waals surface area contributed by atoms with Crippen LogP contribution >= 0.6 is 0 Å². The molecule has 1 heterocycles. The third-order valence-corrected chi connectivity index (χ3v) is 1.21. The number of terminal acetylenes is 1. The number of hydrogen-bond acceptors (Lipinski definition) is 2. The lowest BCUT2D eigenvalue weighted by atomic mass is 10.1. The number of pyridine rings is 1. The van der Waals surface area contributed by atoms with Crippen molar-refractivity contribution < 1.29 is 9.90 Å². The Labute approximate surface area is 63.7 Å². The van der Waals surface area contributed by atoms with Gasteiger partial charge in [0.05, 0.1) is 5.56 Å². The molecule has 0 saturated carbocycles. The zero-order valence-corrected chi connectivity index (χ0v) is 5.61. The summed E-state index contributed by atoms with van der Waals surface area (Å²) in [6, 6.07) is 1.49. The van der Waals surface area contributed by atoms with Gasteiger partial charge in [-0.3, -0.25) is 4.98 Å². The van der Waals surface area contributed by atoms with Crippen molar-refractivity contribution >= 4 is 5.97 Å². The monoisotopic (exact) mass is 147 g/mol. The van der Waals surface area contributed by atoms with Gasteiger partial charge in [-0.15, -0.1) is 6.42 Å². The molecule has 1 rings (SSSR count). The van der Waals surface area contributed by atoms with Crippen LogP contribution in [0.25, 0.3) is 0 Å². The van der Waals surface area contributed by atoms with E-state index >= 15 is 0 Å². The minimum atomic E-state index is -1.05. The molecular formula is C8H5NO2. The molecule has 0 aliphatic carbocycles. The molecule has 0 spiro atoms. The minimum absolute atomic E-state index is 0.0648. The maximum atomic E-state index is 10.4. The average Bonchev–Trinajstić information content (AvgIpc) is 2.04. The molecule has 3 heteroatoms. The molecule has 0 aliphatic rings. The highest BCUT2D eigenvalue weighted by atomic mass is 16.4. The van der Waals surface area contributed by atoms with E-state index in [1.165, 1.54) is 18.5 Å². The van der Waals surface area contributed by atoms with Gasteiger partial charge in [0.25, 0.3) is 0 Å². The molecule has 3 nitrogen and oxygen atoms in total. The van der Waals surface area contributed by atoms with E-state index < -0.39 is 5.97 Å². The van der Waals surface area contributed by atoms with Crippen molar-refractivity contribution in [2.75, 3.05) is 0 Å². The Morgan fingerprint density at radius 3 is 2.91 bits per heavy atom. The quantitative estimate of drug-likeness (QED) is 0.596. The Morgan fingerprint density at radius 1 is 1.73 bits per heavy atom. The summed E-state index contributed by atoms with van der Waals surface area (Å²) in [5.41, 5.74) is 0.419. The van der Waals surface area contributed by atoms with Crippen LogP contribution in [0.15, 0.2) is 18.5 Å². The van der Waals surface area contributed by atoms with Crippen LogP contribution < -0.4 is 0 Å². The summed E-state index contributed by atoms with van der Waals surface area (Å²) in [5, 5.41) is 8.56. The van der Waals surface area contributed by atoms with E-state index in [0.717, 1.165) is 0 Å². The zero-order chi connectivity index (χ0) is 8.27. The van der Waals surface area contributed by atoms with Crippen LogP contribution in [0.1, 0.15) is 15.9 Å². The van der Waals surface area contributed by atoms with Crippen LogP contribution in [0.4, 0.5) is 0 Å². The number of rotatable bonds is 1. The van der Waals surface area contributed by atoms with Gasteiger partial charge in [-0.2, -0.15) is 0 Å². The smallest absolute Gasteiger partial charge is 0.338 e. The van der Waals surface area contributed by atoms with Gasteiger partial charge >= 0.3 is 5.97 Å². The standard InChI is InChI=1S/C8H5NO2/c1-2-6-3-4-9-5-7(6)8(10)11/h1,3-5H,(H,10,11). The molecule has 0 unspecified atom stereocenters. The van der Waals surface area contributed by atoms with Crippen LogP contribution in [-0.4, -0.2) is 16.1 Å². The normalized spacial score (nSPS) is 8.64. The van der Waals surface area contributed by atoms with Crippen LogP contribution in [0, 0.1) is 12.3 Å². The third-order valence-electron chi connectivity index (χ3n) is 1.21. The van der Waals surface area contributed by atoms with Crippen molar-refractivity contribution in [2.45, 2.75) is 0 Å². The Kier molecular flexibility index (Phi) is 1.88. The number of carboxylic acids is 1. The van der Waals surface area contributed by atoms with Gasteiger partial charge in [0, 0.05) is 18.0 Å². The van der Waals surface area contributed by atoms with Crippen LogP contribution in [0.2, 0.25) is 0 Å². The molecule has 54 valence electrons. The van der Waals surface area contributed by atoms with Crippen molar-refractivity contribution in [1.82, 2.24) is 4.98 Å². The zero-order valence-electron chi connectivity index (χ0n) is 5.61. The molecule has 0 saturated heterocycles. The number of carbonyl (C=O) groups is 1. The molecule has 0 aromatic carbocycles. The Bertz CT molecular complexity index is 325. The summed E-state index contributed by atoms with van der Waals surface area (Å²) in [5.74, 6) is 1.21. The lowest BCUT2D eigenvalue weighted by molar-refractivity contribution is 0.0696. The largest absolute Gasteiger partial charge is 0.478 e. The van der Waals surface area contributed by atoms with Crippen molar-refractivity contribution in [1.29, 1.82) is 0 Å². The lowest BCUT2D eigenvalue weighted by Gasteiger charge is -1.94. The molecule has 1 aromatic rings. The molecule has 0 fully saturated rings. The van der Waals surface area contributed by atoms with E-state index in [0.29, 0.717) is 5.56 Å². The number of nitrogens with zero attached hydrogens (tertiary/aromatic N) is 1. The molecular weight excluding hydrogens is 142 g/mol. The maximum absolute atomic E-state index is 10.4. The maximum Gasteiger partial charge on any atom is 0.338 e. The first-order valence-electron chi connectivity index (χ1n) is 2.89. The average molecular weight is 147 g/mol. The summed E-state index contributed by atoms with van der Waals surface area (Å²) >= 11 is 0. The summed E-state index contributed by atoms with van der Waals surface area (Å²) < 4.78 is 0. The summed E-state index contributed by atoms with van der Waals surface area (Å²) in [6.45, 7) is 0. The second-order valence-corrected chi connectivity index (χ2v) is 1.87. The van der Waals surface area contributed by atoms with E-state index in [-0.39, 0.29) is 5.56 Å². The van der Waals surface area contributed by atoms with Gasteiger partial charge in [-0.05, 0) is 6.07 Å². The number of carboxylic acid groups (broad SMARTS) is 1. The summed E-state index contributed by atoms with van der Waals surface area (Å²) in [6.07, 6.45) is 7.74. The highest BCUT2D eigenvalue weighted by molar-refractivity contribution is 5.90. The van der Waals surface area contributed by atoms with Crippen molar-refractivity contribution in [3.05, 3.63) is 29.6 Å². The fourth-order valence-electron chi connectivity index (χ4n) is 0.691. The van der Waals surface area contributed by atoms with Crippen LogP contribution in [0.5, 0.6) is 0 Å². The van der Waals surface area contributed by atoms with Crippen molar-refractivity contribution in [3.8, 4) is 12.3 Å². The number of aromatic nitrogens is 1. The van der Waals surface area contributed by atoms with Crippen molar-refractivity contribution in [2.24, 2.45) is 0 Å². The molecule has 0 atom stereocenters.